The minimum atomic E-state index is -0.0333. The third-order valence-corrected chi connectivity index (χ3v) is 4.04. The number of carbonyl (C=O) groups excluding carboxylic acids is 1. The first-order chi connectivity index (χ1) is 10.7. The first kappa shape index (κ1) is 14.4. The fourth-order valence-corrected chi connectivity index (χ4v) is 2.82. The molecule has 1 aliphatic rings. The maximum absolute atomic E-state index is 12.1. The molecule has 112 valence electrons. The number of hydrogen-bond donors (Lipinski definition) is 1. The molecule has 3 rings (SSSR count). The highest BCUT2D eigenvalue weighted by Crippen LogP contribution is 2.32. The maximum atomic E-state index is 12.1. The van der Waals surface area contributed by atoms with E-state index in [2.05, 4.69) is 48.3 Å². The quantitative estimate of drug-likeness (QED) is 0.863. The molecule has 0 unspecified atom stereocenters. The van der Waals surface area contributed by atoms with Gasteiger partial charge < -0.3 is 10.2 Å². The van der Waals surface area contributed by atoms with Crippen LogP contribution in [-0.2, 0) is 4.79 Å². The summed E-state index contributed by atoms with van der Waals surface area (Å²) in [4.78, 5) is 14.4. The molecule has 22 heavy (non-hydrogen) atoms. The zero-order valence-electron chi connectivity index (χ0n) is 13.0. The summed E-state index contributed by atoms with van der Waals surface area (Å²) in [7, 11) is 0. The number of fused-ring (bicyclic) bond motifs is 1. The van der Waals surface area contributed by atoms with Gasteiger partial charge in [-0.15, -0.1) is 0 Å². The van der Waals surface area contributed by atoms with Gasteiger partial charge in [0, 0.05) is 35.6 Å². The van der Waals surface area contributed by atoms with Gasteiger partial charge in [0.05, 0.1) is 0 Å². The lowest BCUT2D eigenvalue weighted by Crippen LogP contribution is -2.21. The predicted octanol–water partition coefficient (Wildman–Crippen LogP) is 4.03. The highest BCUT2D eigenvalue weighted by molar-refractivity contribution is 6.34. The summed E-state index contributed by atoms with van der Waals surface area (Å²) in [6, 6.07) is 16.1. The van der Waals surface area contributed by atoms with Crippen molar-refractivity contribution >= 4 is 28.9 Å². The van der Waals surface area contributed by atoms with Gasteiger partial charge in [-0.3, -0.25) is 4.79 Å². The second-order valence-corrected chi connectivity index (χ2v) is 5.32. The number of nitrogens with one attached hydrogen (secondary N) is 1. The summed E-state index contributed by atoms with van der Waals surface area (Å²) in [5.41, 5.74) is 4.84. The molecule has 1 amide bonds. The summed E-state index contributed by atoms with van der Waals surface area (Å²) in [6.07, 6.45) is 1.95. The van der Waals surface area contributed by atoms with E-state index in [4.69, 9.17) is 0 Å². The van der Waals surface area contributed by atoms with Gasteiger partial charge in [-0.2, -0.15) is 0 Å². The van der Waals surface area contributed by atoms with Gasteiger partial charge in [0.25, 0.3) is 5.91 Å². The van der Waals surface area contributed by atoms with E-state index in [1.54, 1.807) is 0 Å². The van der Waals surface area contributed by atoms with E-state index in [1.165, 1.54) is 5.69 Å². The summed E-state index contributed by atoms with van der Waals surface area (Å²) in [5, 5.41) is 2.90. The second kappa shape index (κ2) is 6.06. The normalized spacial score (nSPS) is 14.8. The van der Waals surface area contributed by atoms with E-state index < -0.39 is 0 Å². The lowest BCUT2D eigenvalue weighted by molar-refractivity contribution is -0.110. The molecule has 1 N–H and O–H groups in total. The van der Waals surface area contributed by atoms with E-state index in [0.717, 1.165) is 35.5 Å². The Kier molecular flexibility index (Phi) is 3.96. The Morgan fingerprint density at radius 1 is 1.00 bits per heavy atom. The fraction of sp³-hybridized carbons (Fsp3) is 0.211. The van der Waals surface area contributed by atoms with Crippen LogP contribution in [-0.4, -0.2) is 19.0 Å². The Morgan fingerprint density at radius 3 is 2.36 bits per heavy atom. The van der Waals surface area contributed by atoms with E-state index in [1.807, 2.05) is 30.3 Å². The standard InChI is InChI=1S/C19H20N2O/c1-3-21(4-2)15-11-9-14(10-12-15)13-17-16-7-5-6-8-18(16)20-19(17)22/h5-13H,3-4H2,1-2H3,(H,20,22)/b17-13+. The Bertz CT molecular complexity index is 712. The Morgan fingerprint density at radius 2 is 1.68 bits per heavy atom. The smallest absolute Gasteiger partial charge is 0.256 e. The number of nitrogens with zero attached hydrogens (tertiary/aromatic N) is 1. The van der Waals surface area contributed by atoms with Crippen LogP contribution in [0.25, 0.3) is 11.6 Å². The summed E-state index contributed by atoms with van der Waals surface area (Å²) >= 11 is 0. The molecular formula is C19H20N2O. The van der Waals surface area contributed by atoms with Crippen LogP contribution in [0.4, 0.5) is 11.4 Å². The largest absolute Gasteiger partial charge is 0.372 e. The first-order valence-corrected chi connectivity index (χ1v) is 7.70. The zero-order valence-corrected chi connectivity index (χ0v) is 13.0. The van der Waals surface area contributed by atoms with Crippen molar-refractivity contribution < 1.29 is 4.79 Å². The van der Waals surface area contributed by atoms with Gasteiger partial charge >= 0.3 is 0 Å². The van der Waals surface area contributed by atoms with Gasteiger partial charge in [0.2, 0.25) is 0 Å². The van der Waals surface area contributed by atoms with E-state index in [0.29, 0.717) is 0 Å². The van der Waals surface area contributed by atoms with Crippen molar-refractivity contribution in [1.82, 2.24) is 0 Å². The third-order valence-electron chi connectivity index (χ3n) is 4.04. The van der Waals surface area contributed by atoms with Crippen molar-refractivity contribution in [2.24, 2.45) is 0 Å². The van der Waals surface area contributed by atoms with Crippen LogP contribution in [0.15, 0.2) is 48.5 Å². The molecule has 0 saturated heterocycles. The van der Waals surface area contributed by atoms with Gasteiger partial charge in [-0.1, -0.05) is 30.3 Å². The van der Waals surface area contributed by atoms with Crippen molar-refractivity contribution in [2.75, 3.05) is 23.3 Å². The van der Waals surface area contributed by atoms with Gasteiger partial charge in [-0.25, -0.2) is 0 Å². The fourth-order valence-electron chi connectivity index (χ4n) is 2.82. The molecule has 2 aromatic rings. The van der Waals surface area contributed by atoms with Crippen LogP contribution in [0.1, 0.15) is 25.0 Å². The molecule has 0 atom stereocenters. The molecule has 0 aliphatic carbocycles. The van der Waals surface area contributed by atoms with Gasteiger partial charge in [0.1, 0.15) is 0 Å². The molecule has 0 radical (unpaired) electrons. The molecule has 0 fully saturated rings. The number of anilines is 2. The molecular weight excluding hydrogens is 272 g/mol. The second-order valence-electron chi connectivity index (χ2n) is 5.32. The van der Waals surface area contributed by atoms with Crippen LogP contribution in [0.5, 0.6) is 0 Å². The Balaban J connectivity index is 1.91. The summed E-state index contributed by atoms with van der Waals surface area (Å²) in [5.74, 6) is -0.0333. The Hall–Kier alpha value is -2.55. The van der Waals surface area contributed by atoms with Gasteiger partial charge in [0.15, 0.2) is 0 Å². The summed E-state index contributed by atoms with van der Waals surface area (Å²) in [6.45, 7) is 6.29. The highest BCUT2D eigenvalue weighted by atomic mass is 16.2. The molecule has 0 bridgehead atoms. The van der Waals surface area contributed by atoms with E-state index >= 15 is 0 Å². The number of rotatable bonds is 4. The van der Waals surface area contributed by atoms with E-state index in [-0.39, 0.29) is 5.91 Å². The zero-order chi connectivity index (χ0) is 15.5. The maximum Gasteiger partial charge on any atom is 0.256 e. The average Bonchev–Trinajstić information content (AvgIpc) is 2.86. The summed E-state index contributed by atoms with van der Waals surface area (Å²) < 4.78 is 0. The lowest BCUT2D eigenvalue weighted by Gasteiger charge is -2.20. The van der Waals surface area contributed by atoms with Gasteiger partial charge in [-0.05, 0) is 43.7 Å². The van der Waals surface area contributed by atoms with Crippen molar-refractivity contribution in [2.45, 2.75) is 13.8 Å². The van der Waals surface area contributed by atoms with Crippen molar-refractivity contribution in [3.8, 4) is 0 Å². The van der Waals surface area contributed by atoms with E-state index in [9.17, 15) is 4.79 Å². The molecule has 1 aliphatic heterocycles. The molecule has 2 aromatic carbocycles. The number of para-hydroxylation sites is 1. The Labute approximate surface area is 131 Å². The van der Waals surface area contributed by atoms with Crippen molar-refractivity contribution in [3.05, 3.63) is 59.7 Å². The number of benzene rings is 2. The molecule has 0 spiro atoms. The topological polar surface area (TPSA) is 32.3 Å². The lowest BCUT2D eigenvalue weighted by atomic mass is 10.0. The number of amides is 1. The third kappa shape index (κ3) is 2.62. The minimum Gasteiger partial charge on any atom is -0.372 e. The highest BCUT2D eigenvalue weighted by Gasteiger charge is 2.23. The number of carbonyl (C=O) groups is 1. The molecule has 0 aromatic heterocycles. The van der Waals surface area contributed by atoms with Crippen LogP contribution >= 0.6 is 0 Å². The minimum absolute atomic E-state index is 0.0333. The van der Waals surface area contributed by atoms with Crippen molar-refractivity contribution in [3.63, 3.8) is 0 Å². The molecule has 0 saturated carbocycles. The van der Waals surface area contributed by atoms with Crippen LogP contribution in [0, 0.1) is 0 Å². The van der Waals surface area contributed by atoms with Crippen LogP contribution in [0.2, 0.25) is 0 Å². The monoisotopic (exact) mass is 292 g/mol. The van der Waals surface area contributed by atoms with Crippen molar-refractivity contribution in [1.29, 1.82) is 0 Å². The molecule has 3 nitrogen and oxygen atoms in total. The SMILES string of the molecule is CCN(CC)c1ccc(/C=C2/C(=O)Nc3ccccc32)cc1. The molecule has 1 heterocycles. The van der Waals surface area contributed by atoms with Crippen LogP contribution in [0.3, 0.4) is 0 Å². The van der Waals surface area contributed by atoms with Crippen LogP contribution < -0.4 is 10.2 Å². The predicted molar refractivity (Wildman–Crippen MR) is 92.9 cm³/mol. The molecule has 3 heteroatoms. The number of hydrogen-bond acceptors (Lipinski definition) is 2. The average molecular weight is 292 g/mol. The first-order valence-electron chi connectivity index (χ1n) is 7.70.